The second kappa shape index (κ2) is 6.56. The molecule has 0 radical (unpaired) electrons. The van der Waals surface area contributed by atoms with E-state index in [1.807, 2.05) is 0 Å². The number of nitrogens with one attached hydrogen (secondary N) is 1. The lowest BCUT2D eigenvalue weighted by Crippen LogP contribution is -2.29. The summed E-state index contributed by atoms with van der Waals surface area (Å²) in [5.41, 5.74) is 5.90. The normalized spacial score (nSPS) is 17.9. The monoisotopic (exact) mass is 259 g/mol. The minimum absolute atomic E-state index is 0.572. The Hall–Kier alpha value is -0.820. The molecule has 0 heterocycles. The molecule has 0 aliphatic heterocycles. The molecule has 0 amide bonds. The first-order chi connectivity index (χ1) is 9.13. The molecule has 1 aliphatic rings. The van der Waals surface area contributed by atoms with Gasteiger partial charge in [0.1, 0.15) is 0 Å². The zero-order valence-electron chi connectivity index (χ0n) is 13.1. The molecule has 1 saturated carbocycles. The van der Waals surface area contributed by atoms with E-state index >= 15 is 0 Å². The van der Waals surface area contributed by atoms with Gasteiger partial charge < -0.3 is 5.32 Å². The van der Waals surface area contributed by atoms with Crippen LogP contribution in [0.5, 0.6) is 0 Å². The molecule has 0 saturated heterocycles. The maximum Gasteiger partial charge on any atom is 0.0353 e. The maximum atomic E-state index is 3.83. The highest BCUT2D eigenvalue weighted by Crippen LogP contribution is 2.38. The molecule has 0 spiro atoms. The summed E-state index contributed by atoms with van der Waals surface area (Å²) < 4.78 is 0. The predicted molar refractivity (Wildman–Crippen MR) is 83.6 cm³/mol. The lowest BCUT2D eigenvalue weighted by molar-refractivity contribution is 0.366. The summed E-state index contributed by atoms with van der Waals surface area (Å²) in [7, 11) is 0. The van der Waals surface area contributed by atoms with Crippen molar-refractivity contribution >= 4 is 0 Å². The van der Waals surface area contributed by atoms with Crippen LogP contribution in [0.3, 0.4) is 0 Å². The van der Waals surface area contributed by atoms with Gasteiger partial charge in [-0.2, -0.15) is 0 Å². The van der Waals surface area contributed by atoms with Gasteiger partial charge in [-0.15, -0.1) is 0 Å². The van der Waals surface area contributed by atoms with E-state index in [1.165, 1.54) is 48.8 Å². The van der Waals surface area contributed by atoms with E-state index in [0.717, 1.165) is 12.5 Å². The zero-order valence-corrected chi connectivity index (χ0v) is 13.1. The van der Waals surface area contributed by atoms with Crippen LogP contribution in [0.4, 0.5) is 0 Å². The van der Waals surface area contributed by atoms with Gasteiger partial charge in [-0.25, -0.2) is 0 Å². The molecule has 0 bridgehead atoms. The SMILES string of the molecule is CCCNC(c1c(C)cc(C)cc1C)C1CCCC1. The van der Waals surface area contributed by atoms with Crippen molar-refractivity contribution in [3.05, 3.63) is 34.4 Å². The van der Waals surface area contributed by atoms with Gasteiger partial charge in [0, 0.05) is 6.04 Å². The van der Waals surface area contributed by atoms with Gasteiger partial charge in [0.05, 0.1) is 0 Å². The van der Waals surface area contributed by atoms with Crippen molar-refractivity contribution in [3.8, 4) is 0 Å². The van der Waals surface area contributed by atoms with Crippen LogP contribution in [0, 0.1) is 26.7 Å². The van der Waals surface area contributed by atoms with Crippen LogP contribution in [0.1, 0.15) is 67.3 Å². The minimum Gasteiger partial charge on any atom is -0.310 e. The van der Waals surface area contributed by atoms with Crippen molar-refractivity contribution < 1.29 is 0 Å². The lowest BCUT2D eigenvalue weighted by Gasteiger charge is -2.28. The van der Waals surface area contributed by atoms with Crippen LogP contribution in [-0.4, -0.2) is 6.54 Å². The Morgan fingerprint density at radius 1 is 1.11 bits per heavy atom. The molecule has 1 unspecified atom stereocenters. The largest absolute Gasteiger partial charge is 0.310 e. The predicted octanol–water partition coefficient (Wildman–Crippen LogP) is 4.84. The molecule has 1 aromatic carbocycles. The van der Waals surface area contributed by atoms with Gasteiger partial charge in [-0.05, 0) is 69.2 Å². The van der Waals surface area contributed by atoms with Crippen molar-refractivity contribution in [2.75, 3.05) is 6.54 Å². The second-order valence-corrected chi connectivity index (χ2v) is 6.29. The van der Waals surface area contributed by atoms with E-state index < -0.39 is 0 Å². The van der Waals surface area contributed by atoms with E-state index in [9.17, 15) is 0 Å². The molecule has 0 aromatic heterocycles. The summed E-state index contributed by atoms with van der Waals surface area (Å²) in [6, 6.07) is 5.26. The number of benzene rings is 1. The maximum absolute atomic E-state index is 3.83. The van der Waals surface area contributed by atoms with Crippen LogP contribution in [0.25, 0.3) is 0 Å². The van der Waals surface area contributed by atoms with E-state index in [0.29, 0.717) is 6.04 Å². The van der Waals surface area contributed by atoms with Gasteiger partial charge in [0.25, 0.3) is 0 Å². The van der Waals surface area contributed by atoms with E-state index in [-0.39, 0.29) is 0 Å². The Kier molecular flexibility index (Phi) is 5.04. The van der Waals surface area contributed by atoms with Crippen molar-refractivity contribution in [3.63, 3.8) is 0 Å². The van der Waals surface area contributed by atoms with Crippen molar-refractivity contribution in [1.29, 1.82) is 0 Å². The van der Waals surface area contributed by atoms with Crippen LogP contribution >= 0.6 is 0 Å². The Labute approximate surface area is 118 Å². The first-order valence-corrected chi connectivity index (χ1v) is 7.94. The van der Waals surface area contributed by atoms with Gasteiger partial charge in [0.2, 0.25) is 0 Å². The van der Waals surface area contributed by atoms with Gasteiger partial charge in [-0.3, -0.25) is 0 Å². The number of hydrogen-bond acceptors (Lipinski definition) is 1. The molecule has 1 atom stereocenters. The lowest BCUT2D eigenvalue weighted by atomic mass is 9.85. The average molecular weight is 259 g/mol. The Bertz CT molecular complexity index is 393. The van der Waals surface area contributed by atoms with Crippen molar-refractivity contribution in [2.24, 2.45) is 5.92 Å². The Balaban J connectivity index is 2.31. The first kappa shape index (κ1) is 14.6. The van der Waals surface area contributed by atoms with Gasteiger partial charge in [-0.1, -0.05) is 37.5 Å². The fraction of sp³-hybridized carbons (Fsp3) is 0.667. The number of aryl methyl sites for hydroxylation is 3. The second-order valence-electron chi connectivity index (χ2n) is 6.29. The number of rotatable bonds is 5. The summed E-state index contributed by atoms with van der Waals surface area (Å²) in [5.74, 6) is 0.839. The summed E-state index contributed by atoms with van der Waals surface area (Å²) in [4.78, 5) is 0. The molecular formula is C18H29N. The topological polar surface area (TPSA) is 12.0 Å². The zero-order chi connectivity index (χ0) is 13.8. The molecule has 1 N–H and O–H groups in total. The van der Waals surface area contributed by atoms with Crippen LogP contribution in [0.15, 0.2) is 12.1 Å². The molecule has 2 rings (SSSR count). The molecule has 1 aliphatic carbocycles. The van der Waals surface area contributed by atoms with E-state index in [4.69, 9.17) is 0 Å². The van der Waals surface area contributed by atoms with Crippen LogP contribution in [0.2, 0.25) is 0 Å². The van der Waals surface area contributed by atoms with Crippen molar-refractivity contribution in [1.82, 2.24) is 5.32 Å². The highest BCUT2D eigenvalue weighted by Gasteiger charge is 2.27. The Morgan fingerprint density at radius 2 is 1.68 bits per heavy atom. The molecule has 1 heteroatoms. The standard InChI is InChI=1S/C18H29N/c1-5-10-19-18(16-8-6-7-9-16)17-14(3)11-13(2)12-15(17)4/h11-12,16,18-19H,5-10H2,1-4H3. The fourth-order valence-electron chi connectivity index (χ4n) is 3.78. The van der Waals surface area contributed by atoms with E-state index in [1.54, 1.807) is 5.56 Å². The van der Waals surface area contributed by atoms with Gasteiger partial charge >= 0.3 is 0 Å². The molecule has 1 nitrogen and oxygen atoms in total. The van der Waals surface area contributed by atoms with Crippen LogP contribution < -0.4 is 5.32 Å². The average Bonchev–Trinajstić information content (AvgIpc) is 2.85. The molecule has 19 heavy (non-hydrogen) atoms. The van der Waals surface area contributed by atoms with Crippen molar-refractivity contribution in [2.45, 2.75) is 65.8 Å². The quantitative estimate of drug-likeness (QED) is 0.797. The van der Waals surface area contributed by atoms with E-state index in [2.05, 4.69) is 45.1 Å². The molecule has 1 fully saturated rings. The third-order valence-corrected chi connectivity index (χ3v) is 4.53. The number of hydrogen-bond donors (Lipinski definition) is 1. The summed E-state index contributed by atoms with van der Waals surface area (Å²) in [6.07, 6.45) is 6.84. The summed E-state index contributed by atoms with van der Waals surface area (Å²) in [5, 5.41) is 3.83. The third kappa shape index (κ3) is 3.39. The summed E-state index contributed by atoms with van der Waals surface area (Å²) >= 11 is 0. The van der Waals surface area contributed by atoms with Crippen LogP contribution in [-0.2, 0) is 0 Å². The molecule has 106 valence electrons. The first-order valence-electron chi connectivity index (χ1n) is 7.94. The smallest absolute Gasteiger partial charge is 0.0353 e. The minimum atomic E-state index is 0.572. The Morgan fingerprint density at radius 3 is 2.21 bits per heavy atom. The summed E-state index contributed by atoms with van der Waals surface area (Å²) in [6.45, 7) is 10.2. The molecular weight excluding hydrogens is 230 g/mol. The molecule has 1 aromatic rings. The third-order valence-electron chi connectivity index (χ3n) is 4.53. The van der Waals surface area contributed by atoms with Gasteiger partial charge in [0.15, 0.2) is 0 Å². The highest BCUT2D eigenvalue weighted by molar-refractivity contribution is 5.40. The fourth-order valence-corrected chi connectivity index (χ4v) is 3.78. The highest BCUT2D eigenvalue weighted by atomic mass is 14.9.